The maximum Gasteiger partial charge on any atom is 0.193 e. The van der Waals surface area contributed by atoms with Crippen LogP contribution in [0.4, 0.5) is 0 Å². The topological polar surface area (TPSA) is 27.1 Å². The van der Waals surface area contributed by atoms with Crippen molar-refractivity contribution < 1.29 is 4.43 Å². The molecular weight excluding hydrogens is 367 g/mol. The third-order valence-corrected chi connectivity index (χ3v) is 9.84. The molecule has 0 radical (unpaired) electrons. The molecule has 2 heterocycles. The number of hydrogen-bond donors (Lipinski definition) is 0. The Hall–Kier alpha value is 0.117. The number of halogens is 1. The van der Waals surface area contributed by atoms with Gasteiger partial charge in [-0.15, -0.1) is 0 Å². The van der Waals surface area contributed by atoms with Gasteiger partial charge in [-0.2, -0.15) is 5.10 Å². The average molecular weight is 392 g/mol. The van der Waals surface area contributed by atoms with Gasteiger partial charge in [0.1, 0.15) is 0 Å². The van der Waals surface area contributed by atoms with E-state index in [1.54, 1.807) is 0 Å². The van der Waals surface area contributed by atoms with Gasteiger partial charge in [-0.05, 0) is 40.7 Å². The zero-order valence-electron chi connectivity index (χ0n) is 13.0. The zero-order chi connectivity index (χ0) is 14.6. The third kappa shape index (κ3) is 2.65. The van der Waals surface area contributed by atoms with Crippen LogP contribution < -0.4 is 0 Å². The van der Waals surface area contributed by atoms with Crippen LogP contribution in [-0.4, -0.2) is 18.1 Å². The van der Waals surface area contributed by atoms with Crippen molar-refractivity contribution in [3.8, 4) is 0 Å². The van der Waals surface area contributed by atoms with Gasteiger partial charge in [0.15, 0.2) is 8.32 Å². The first-order valence-electron chi connectivity index (χ1n) is 6.85. The minimum Gasteiger partial charge on any atom is -0.408 e. The molecule has 0 spiro atoms. The molecule has 108 valence electrons. The second-order valence-electron chi connectivity index (χ2n) is 7.78. The summed E-state index contributed by atoms with van der Waals surface area (Å²) >= 11 is 2.38. The van der Waals surface area contributed by atoms with Crippen LogP contribution in [0.15, 0.2) is 6.20 Å². The fourth-order valence-corrected chi connectivity index (χ4v) is 4.34. The molecule has 0 amide bonds. The SMILES string of the molecule is CC1(C)Cn2ncc(I)c2C1O[Si](C)(C)C(C)(C)C. The van der Waals surface area contributed by atoms with Crippen LogP contribution in [0.5, 0.6) is 0 Å². The van der Waals surface area contributed by atoms with Gasteiger partial charge in [-0.1, -0.05) is 34.6 Å². The smallest absolute Gasteiger partial charge is 0.193 e. The Labute approximate surface area is 131 Å². The second kappa shape index (κ2) is 4.56. The summed E-state index contributed by atoms with van der Waals surface area (Å²) < 4.78 is 10.1. The first-order chi connectivity index (χ1) is 8.46. The highest BCUT2D eigenvalue weighted by Crippen LogP contribution is 2.49. The number of hydrogen-bond acceptors (Lipinski definition) is 2. The highest BCUT2D eigenvalue weighted by atomic mass is 127. The molecule has 0 saturated carbocycles. The third-order valence-electron chi connectivity index (χ3n) is 4.57. The average Bonchev–Trinajstić information content (AvgIpc) is 2.64. The fraction of sp³-hybridized carbons (Fsp3) is 0.786. The van der Waals surface area contributed by atoms with Crippen molar-refractivity contribution in [1.29, 1.82) is 0 Å². The van der Waals surface area contributed by atoms with Crippen molar-refractivity contribution in [3.05, 3.63) is 15.5 Å². The molecule has 0 N–H and O–H groups in total. The summed E-state index contributed by atoms with van der Waals surface area (Å²) in [6.45, 7) is 17.1. The van der Waals surface area contributed by atoms with Gasteiger partial charge in [-0.25, -0.2) is 0 Å². The van der Waals surface area contributed by atoms with Crippen molar-refractivity contribution in [2.24, 2.45) is 5.41 Å². The maximum absolute atomic E-state index is 6.72. The van der Waals surface area contributed by atoms with Crippen molar-refractivity contribution in [2.75, 3.05) is 0 Å². The lowest BCUT2D eigenvalue weighted by atomic mass is 9.88. The highest BCUT2D eigenvalue weighted by Gasteiger charge is 2.48. The molecule has 2 rings (SSSR count). The van der Waals surface area contributed by atoms with Crippen LogP contribution in [0.3, 0.4) is 0 Å². The Kier molecular flexibility index (Phi) is 3.72. The lowest BCUT2D eigenvalue weighted by Gasteiger charge is -2.41. The Morgan fingerprint density at radius 3 is 2.53 bits per heavy atom. The molecule has 0 aliphatic carbocycles. The van der Waals surface area contributed by atoms with Gasteiger partial charge >= 0.3 is 0 Å². The molecule has 5 heteroatoms. The summed E-state index contributed by atoms with van der Waals surface area (Å²) in [5.41, 5.74) is 1.40. The van der Waals surface area contributed by atoms with Crippen LogP contribution in [0, 0.1) is 8.99 Å². The van der Waals surface area contributed by atoms with E-state index in [1.807, 2.05) is 6.20 Å². The van der Waals surface area contributed by atoms with Gasteiger partial charge in [-0.3, -0.25) is 4.68 Å². The molecule has 3 nitrogen and oxygen atoms in total. The quantitative estimate of drug-likeness (QED) is 0.544. The highest BCUT2D eigenvalue weighted by molar-refractivity contribution is 14.1. The van der Waals surface area contributed by atoms with E-state index in [9.17, 15) is 0 Å². The Morgan fingerprint density at radius 1 is 1.42 bits per heavy atom. The fourth-order valence-electron chi connectivity index (χ4n) is 2.28. The molecule has 0 fully saturated rings. The molecule has 0 aromatic carbocycles. The number of fused-ring (bicyclic) bond motifs is 1. The molecule has 19 heavy (non-hydrogen) atoms. The van der Waals surface area contributed by atoms with E-state index < -0.39 is 8.32 Å². The van der Waals surface area contributed by atoms with Crippen molar-refractivity contribution in [1.82, 2.24) is 9.78 Å². The monoisotopic (exact) mass is 392 g/mol. The van der Waals surface area contributed by atoms with Gasteiger partial charge in [0.25, 0.3) is 0 Å². The zero-order valence-corrected chi connectivity index (χ0v) is 16.2. The molecule has 0 saturated heterocycles. The van der Waals surface area contributed by atoms with E-state index in [0.29, 0.717) is 0 Å². The normalized spacial score (nSPS) is 22.6. The van der Waals surface area contributed by atoms with Gasteiger partial charge in [0, 0.05) is 12.0 Å². The molecular formula is C14H25IN2OSi. The summed E-state index contributed by atoms with van der Waals surface area (Å²) in [7, 11) is -1.77. The van der Waals surface area contributed by atoms with E-state index in [4.69, 9.17) is 4.43 Å². The number of rotatable bonds is 2. The van der Waals surface area contributed by atoms with Gasteiger partial charge in [0.05, 0.1) is 21.6 Å². The van der Waals surface area contributed by atoms with Crippen LogP contribution in [0.2, 0.25) is 18.1 Å². The van der Waals surface area contributed by atoms with E-state index in [0.717, 1.165) is 6.54 Å². The van der Waals surface area contributed by atoms with Crippen molar-refractivity contribution >= 4 is 30.9 Å². The molecule has 1 aliphatic heterocycles. The molecule has 1 unspecified atom stereocenters. The summed E-state index contributed by atoms with van der Waals surface area (Å²) in [5, 5.41) is 4.72. The van der Waals surface area contributed by atoms with Crippen LogP contribution in [-0.2, 0) is 11.0 Å². The van der Waals surface area contributed by atoms with Crippen LogP contribution >= 0.6 is 22.6 Å². The van der Waals surface area contributed by atoms with E-state index in [-0.39, 0.29) is 16.6 Å². The van der Waals surface area contributed by atoms with Crippen molar-refractivity contribution in [3.63, 3.8) is 0 Å². The van der Waals surface area contributed by atoms with E-state index in [2.05, 4.69) is 80.1 Å². The Bertz CT molecular complexity index is 488. The summed E-state index contributed by atoms with van der Waals surface area (Å²) in [5.74, 6) is 0. The Morgan fingerprint density at radius 2 is 2.00 bits per heavy atom. The lowest BCUT2D eigenvalue weighted by Crippen LogP contribution is -2.43. The number of nitrogens with zero attached hydrogens (tertiary/aromatic N) is 2. The minimum absolute atomic E-state index is 0.124. The van der Waals surface area contributed by atoms with Gasteiger partial charge in [0.2, 0.25) is 0 Å². The van der Waals surface area contributed by atoms with Crippen molar-refractivity contribution in [2.45, 2.75) is 65.4 Å². The maximum atomic E-state index is 6.72. The molecule has 1 atom stereocenters. The Balaban J connectivity index is 2.36. The molecule has 1 aromatic rings. The lowest BCUT2D eigenvalue weighted by molar-refractivity contribution is 0.0736. The summed E-state index contributed by atoms with van der Waals surface area (Å²) in [6, 6.07) is 0. The van der Waals surface area contributed by atoms with E-state index >= 15 is 0 Å². The largest absolute Gasteiger partial charge is 0.408 e. The van der Waals surface area contributed by atoms with Crippen LogP contribution in [0.1, 0.15) is 46.4 Å². The molecule has 1 aliphatic rings. The van der Waals surface area contributed by atoms with Gasteiger partial charge < -0.3 is 4.43 Å². The molecule has 1 aromatic heterocycles. The molecule has 0 bridgehead atoms. The summed E-state index contributed by atoms with van der Waals surface area (Å²) in [4.78, 5) is 0. The standard InChI is InChI=1S/C14H25IN2OSi/c1-13(2,3)19(6,7)18-12-11-10(15)8-16-17(11)9-14(12,4)5/h8,12H,9H2,1-7H3. The minimum atomic E-state index is -1.77. The number of aromatic nitrogens is 2. The second-order valence-corrected chi connectivity index (χ2v) is 13.7. The van der Waals surface area contributed by atoms with E-state index in [1.165, 1.54) is 9.26 Å². The first kappa shape index (κ1) is 15.5. The summed E-state index contributed by atoms with van der Waals surface area (Å²) in [6.07, 6.45) is 2.12. The first-order valence-corrected chi connectivity index (χ1v) is 10.8. The van der Waals surface area contributed by atoms with Crippen LogP contribution in [0.25, 0.3) is 0 Å². The predicted molar refractivity (Wildman–Crippen MR) is 89.7 cm³/mol. The predicted octanol–water partition coefficient (Wildman–Crippen LogP) is 4.59.